The minimum absolute atomic E-state index is 0.132. The Bertz CT molecular complexity index is 936. The molecule has 2 aromatic rings. The highest BCUT2D eigenvalue weighted by Crippen LogP contribution is 2.21. The molecule has 1 fully saturated rings. The summed E-state index contributed by atoms with van der Waals surface area (Å²) in [5.74, 6) is 0.506. The van der Waals surface area contributed by atoms with Crippen LogP contribution < -0.4 is 4.74 Å². The monoisotopic (exact) mass is 402 g/mol. The van der Waals surface area contributed by atoms with Gasteiger partial charge in [-0.15, -0.1) is 0 Å². The Labute approximate surface area is 166 Å². The molecule has 28 heavy (non-hydrogen) atoms. The Kier molecular flexibility index (Phi) is 6.05. The van der Waals surface area contributed by atoms with E-state index < -0.39 is 16.1 Å². The second kappa shape index (κ2) is 8.32. The van der Waals surface area contributed by atoms with E-state index in [4.69, 9.17) is 4.74 Å². The van der Waals surface area contributed by atoms with Gasteiger partial charge in [-0.05, 0) is 56.2 Å². The summed E-state index contributed by atoms with van der Waals surface area (Å²) < 4.78 is 32.9. The molecule has 1 unspecified atom stereocenters. The van der Waals surface area contributed by atoms with Gasteiger partial charge in [0.15, 0.2) is 6.10 Å². The average Bonchev–Trinajstić information content (AvgIpc) is 2.70. The number of benzene rings is 2. The van der Waals surface area contributed by atoms with Crippen LogP contribution in [0.4, 0.5) is 0 Å². The number of hydrogen-bond donors (Lipinski definition) is 0. The van der Waals surface area contributed by atoms with Crippen molar-refractivity contribution in [2.75, 3.05) is 26.2 Å². The van der Waals surface area contributed by atoms with Crippen LogP contribution in [-0.2, 0) is 14.8 Å². The second-order valence-corrected chi connectivity index (χ2v) is 8.99. The maximum absolute atomic E-state index is 12.9. The van der Waals surface area contributed by atoms with Crippen LogP contribution in [0.1, 0.15) is 18.1 Å². The number of hydrogen-bond acceptors (Lipinski definition) is 4. The van der Waals surface area contributed by atoms with Crippen LogP contribution in [-0.4, -0.2) is 55.8 Å². The SMILES string of the molecule is Cc1ccc(S(=O)(=O)N2CCN(C(=O)C(C)Oc3ccccc3)CC2)cc1C. The van der Waals surface area contributed by atoms with E-state index in [1.54, 1.807) is 36.1 Å². The Morgan fingerprint density at radius 3 is 2.21 bits per heavy atom. The molecule has 1 amide bonds. The zero-order valence-corrected chi connectivity index (χ0v) is 17.3. The van der Waals surface area contributed by atoms with E-state index in [2.05, 4.69) is 0 Å². The predicted octanol–water partition coefficient (Wildman–Crippen LogP) is 2.60. The fourth-order valence-electron chi connectivity index (χ4n) is 3.18. The molecule has 150 valence electrons. The van der Waals surface area contributed by atoms with E-state index in [0.29, 0.717) is 23.7 Å². The van der Waals surface area contributed by atoms with Crippen LogP contribution in [0.5, 0.6) is 5.75 Å². The number of ether oxygens (including phenoxy) is 1. The van der Waals surface area contributed by atoms with Gasteiger partial charge in [-0.2, -0.15) is 4.31 Å². The van der Waals surface area contributed by atoms with E-state index in [0.717, 1.165) is 11.1 Å². The molecule has 1 aliphatic rings. The third-order valence-corrected chi connectivity index (χ3v) is 6.96. The Balaban J connectivity index is 1.61. The third kappa shape index (κ3) is 4.36. The molecule has 2 aromatic carbocycles. The normalized spacial score (nSPS) is 16.6. The van der Waals surface area contributed by atoms with Crippen molar-refractivity contribution in [3.8, 4) is 5.75 Å². The quantitative estimate of drug-likeness (QED) is 0.771. The van der Waals surface area contributed by atoms with Crippen molar-refractivity contribution in [2.24, 2.45) is 0 Å². The number of carbonyl (C=O) groups excluding carboxylic acids is 1. The van der Waals surface area contributed by atoms with Gasteiger partial charge in [0.25, 0.3) is 5.91 Å². The van der Waals surface area contributed by atoms with Gasteiger partial charge in [-0.3, -0.25) is 4.79 Å². The number of rotatable bonds is 5. The number of sulfonamides is 1. The number of nitrogens with zero attached hydrogens (tertiary/aromatic N) is 2. The lowest BCUT2D eigenvalue weighted by molar-refractivity contribution is -0.139. The van der Waals surface area contributed by atoms with Crippen LogP contribution in [0.3, 0.4) is 0 Å². The Hall–Kier alpha value is -2.38. The summed E-state index contributed by atoms with van der Waals surface area (Å²) >= 11 is 0. The minimum Gasteiger partial charge on any atom is -0.481 e. The molecule has 0 radical (unpaired) electrons. The van der Waals surface area contributed by atoms with Gasteiger partial charge in [-0.25, -0.2) is 8.42 Å². The molecule has 0 aromatic heterocycles. The number of piperazine rings is 1. The summed E-state index contributed by atoms with van der Waals surface area (Å²) in [5, 5.41) is 0. The highest BCUT2D eigenvalue weighted by Gasteiger charge is 2.32. The fraction of sp³-hybridized carbons (Fsp3) is 0.381. The van der Waals surface area contributed by atoms with Gasteiger partial charge in [0.05, 0.1) is 4.90 Å². The van der Waals surface area contributed by atoms with Crippen LogP contribution in [0.25, 0.3) is 0 Å². The molecular formula is C21H26N2O4S. The molecule has 1 atom stereocenters. The lowest BCUT2D eigenvalue weighted by atomic mass is 10.1. The van der Waals surface area contributed by atoms with Gasteiger partial charge in [-0.1, -0.05) is 24.3 Å². The summed E-state index contributed by atoms with van der Waals surface area (Å²) in [6.45, 7) is 6.83. The van der Waals surface area contributed by atoms with Crippen LogP contribution in [0.15, 0.2) is 53.4 Å². The molecule has 1 saturated heterocycles. The second-order valence-electron chi connectivity index (χ2n) is 7.05. The highest BCUT2D eigenvalue weighted by atomic mass is 32.2. The molecule has 0 aliphatic carbocycles. The summed E-state index contributed by atoms with van der Waals surface area (Å²) in [4.78, 5) is 14.6. The largest absolute Gasteiger partial charge is 0.481 e. The van der Waals surface area contributed by atoms with Crippen molar-refractivity contribution in [3.05, 3.63) is 59.7 Å². The number of amides is 1. The Morgan fingerprint density at radius 1 is 0.964 bits per heavy atom. The van der Waals surface area contributed by atoms with Crippen molar-refractivity contribution in [3.63, 3.8) is 0 Å². The lowest BCUT2D eigenvalue weighted by Gasteiger charge is -2.35. The first-order valence-corrected chi connectivity index (χ1v) is 10.8. The summed E-state index contributed by atoms with van der Waals surface area (Å²) in [6.07, 6.45) is -0.620. The van der Waals surface area contributed by atoms with E-state index in [9.17, 15) is 13.2 Å². The molecular weight excluding hydrogens is 376 g/mol. The summed E-state index contributed by atoms with van der Waals surface area (Å²) in [6, 6.07) is 14.4. The number of carbonyl (C=O) groups is 1. The summed E-state index contributed by atoms with van der Waals surface area (Å²) in [7, 11) is -3.56. The van der Waals surface area contributed by atoms with E-state index >= 15 is 0 Å². The topological polar surface area (TPSA) is 66.9 Å². The molecule has 0 N–H and O–H groups in total. The van der Waals surface area contributed by atoms with Crippen molar-refractivity contribution in [1.82, 2.24) is 9.21 Å². The maximum Gasteiger partial charge on any atom is 0.263 e. The van der Waals surface area contributed by atoms with Gasteiger partial charge in [0.1, 0.15) is 5.75 Å². The molecule has 7 heteroatoms. The van der Waals surface area contributed by atoms with Crippen molar-refractivity contribution < 1.29 is 17.9 Å². The van der Waals surface area contributed by atoms with Gasteiger partial charge < -0.3 is 9.64 Å². The zero-order chi connectivity index (χ0) is 20.3. The lowest BCUT2D eigenvalue weighted by Crippen LogP contribution is -2.53. The van der Waals surface area contributed by atoms with Crippen LogP contribution in [0, 0.1) is 13.8 Å². The molecule has 0 saturated carbocycles. The maximum atomic E-state index is 12.9. The smallest absolute Gasteiger partial charge is 0.263 e. The molecule has 0 bridgehead atoms. The first-order chi connectivity index (χ1) is 13.3. The first-order valence-electron chi connectivity index (χ1n) is 9.37. The Morgan fingerprint density at radius 2 is 1.61 bits per heavy atom. The molecule has 1 aliphatic heterocycles. The van der Waals surface area contributed by atoms with Crippen molar-refractivity contribution in [1.29, 1.82) is 0 Å². The molecule has 0 spiro atoms. The van der Waals surface area contributed by atoms with E-state index in [-0.39, 0.29) is 19.0 Å². The fourth-order valence-corrected chi connectivity index (χ4v) is 4.69. The average molecular weight is 403 g/mol. The first kappa shape index (κ1) is 20.4. The summed E-state index contributed by atoms with van der Waals surface area (Å²) in [5.41, 5.74) is 2.00. The molecule has 3 rings (SSSR count). The zero-order valence-electron chi connectivity index (χ0n) is 16.5. The predicted molar refractivity (Wildman–Crippen MR) is 108 cm³/mol. The van der Waals surface area contributed by atoms with Crippen molar-refractivity contribution in [2.45, 2.75) is 31.8 Å². The molecule has 6 nitrogen and oxygen atoms in total. The van der Waals surface area contributed by atoms with Gasteiger partial charge in [0, 0.05) is 26.2 Å². The standard InChI is InChI=1S/C21H26N2O4S/c1-16-9-10-20(15-17(16)2)28(25,26)23-13-11-22(12-14-23)21(24)18(3)27-19-7-5-4-6-8-19/h4-10,15,18H,11-14H2,1-3H3. The number of para-hydroxylation sites is 1. The van der Waals surface area contributed by atoms with Crippen LogP contribution in [0.2, 0.25) is 0 Å². The number of aryl methyl sites for hydroxylation is 2. The third-order valence-electron chi connectivity index (χ3n) is 5.07. The van der Waals surface area contributed by atoms with Crippen molar-refractivity contribution >= 4 is 15.9 Å². The minimum atomic E-state index is -3.56. The van der Waals surface area contributed by atoms with Crippen LogP contribution >= 0.6 is 0 Å². The van der Waals surface area contributed by atoms with Gasteiger partial charge >= 0.3 is 0 Å². The van der Waals surface area contributed by atoms with Gasteiger partial charge in [0.2, 0.25) is 10.0 Å². The highest BCUT2D eigenvalue weighted by molar-refractivity contribution is 7.89. The van der Waals surface area contributed by atoms with E-state index in [1.165, 1.54) is 4.31 Å². The van der Waals surface area contributed by atoms with E-state index in [1.807, 2.05) is 38.1 Å². The molecule has 1 heterocycles.